The Hall–Kier alpha value is -2.13. The van der Waals surface area contributed by atoms with E-state index < -0.39 is 0 Å². The van der Waals surface area contributed by atoms with Crippen LogP contribution < -0.4 is 10.6 Å². The van der Waals surface area contributed by atoms with Crippen LogP contribution in [0.5, 0.6) is 0 Å². The zero-order valence-electron chi connectivity index (χ0n) is 12.2. The summed E-state index contributed by atoms with van der Waals surface area (Å²) in [7, 11) is 0. The third-order valence-electron chi connectivity index (χ3n) is 4.06. The van der Waals surface area contributed by atoms with E-state index in [9.17, 15) is 4.79 Å². The first-order valence-electron chi connectivity index (χ1n) is 7.39. The van der Waals surface area contributed by atoms with Crippen molar-refractivity contribution in [2.45, 2.75) is 32.0 Å². The number of fused-ring (bicyclic) bond motifs is 1. The van der Waals surface area contributed by atoms with Gasteiger partial charge in [-0.25, -0.2) is 0 Å². The number of amides is 1. The van der Waals surface area contributed by atoms with Gasteiger partial charge in [0.15, 0.2) is 0 Å². The van der Waals surface area contributed by atoms with Gasteiger partial charge in [-0.15, -0.1) is 0 Å². The molecule has 1 amide bonds. The van der Waals surface area contributed by atoms with E-state index in [2.05, 4.69) is 22.8 Å². The lowest BCUT2D eigenvalue weighted by atomic mass is 9.95. The van der Waals surface area contributed by atoms with E-state index in [1.54, 1.807) is 0 Å². The molecule has 0 radical (unpaired) electrons. The highest BCUT2D eigenvalue weighted by Gasteiger charge is 2.24. The van der Waals surface area contributed by atoms with E-state index in [-0.39, 0.29) is 18.0 Å². The Morgan fingerprint density at radius 3 is 2.52 bits per heavy atom. The monoisotopic (exact) mass is 280 g/mol. The second-order valence-electron chi connectivity index (χ2n) is 5.55. The van der Waals surface area contributed by atoms with Gasteiger partial charge in [0, 0.05) is 6.54 Å². The number of nitrogens with one attached hydrogen (secondary N) is 2. The van der Waals surface area contributed by atoms with Crippen LogP contribution in [0.2, 0.25) is 0 Å². The van der Waals surface area contributed by atoms with Crippen LogP contribution in [0.3, 0.4) is 0 Å². The van der Waals surface area contributed by atoms with Crippen LogP contribution in [-0.4, -0.2) is 11.9 Å². The number of hydrogen-bond acceptors (Lipinski definition) is 2. The summed E-state index contributed by atoms with van der Waals surface area (Å²) >= 11 is 0. The van der Waals surface area contributed by atoms with Crippen molar-refractivity contribution in [2.24, 2.45) is 0 Å². The minimum Gasteiger partial charge on any atom is -0.348 e. The molecule has 0 bridgehead atoms. The summed E-state index contributed by atoms with van der Waals surface area (Å²) in [4.78, 5) is 12.4. The summed E-state index contributed by atoms with van der Waals surface area (Å²) in [6.07, 6.45) is 0.753. The van der Waals surface area contributed by atoms with Crippen LogP contribution in [0, 0.1) is 0 Å². The zero-order valence-corrected chi connectivity index (χ0v) is 12.2. The van der Waals surface area contributed by atoms with Crippen LogP contribution in [0.15, 0.2) is 54.6 Å². The molecule has 1 heterocycles. The average Bonchev–Trinajstić information content (AvgIpc) is 2.55. The Balaban J connectivity index is 1.65. The van der Waals surface area contributed by atoms with Crippen LogP contribution in [-0.2, 0) is 17.8 Å². The van der Waals surface area contributed by atoms with Crippen molar-refractivity contribution < 1.29 is 4.79 Å². The minimum atomic E-state index is -0.147. The van der Waals surface area contributed by atoms with Gasteiger partial charge < -0.3 is 10.6 Å². The molecule has 21 heavy (non-hydrogen) atoms. The first-order valence-corrected chi connectivity index (χ1v) is 7.39. The summed E-state index contributed by atoms with van der Waals surface area (Å²) in [6, 6.07) is 18.2. The predicted octanol–water partition coefficient (Wildman–Crippen LogP) is 2.58. The molecule has 0 aliphatic carbocycles. The highest BCUT2D eigenvalue weighted by atomic mass is 16.2. The molecule has 1 aliphatic heterocycles. The molecule has 2 unspecified atom stereocenters. The van der Waals surface area contributed by atoms with Crippen molar-refractivity contribution in [1.29, 1.82) is 0 Å². The Labute approximate surface area is 125 Å². The standard InChI is InChI=1S/C18H20N2O/c1-13(14-7-3-2-4-8-14)20-18(21)17-11-15-9-5-6-10-16(15)12-19-17/h2-10,13,17,19H,11-12H2,1H3,(H,20,21). The second-order valence-corrected chi connectivity index (χ2v) is 5.55. The zero-order chi connectivity index (χ0) is 14.7. The molecule has 2 N–H and O–H groups in total. The quantitative estimate of drug-likeness (QED) is 0.907. The number of carbonyl (C=O) groups excluding carboxylic acids is 1. The highest BCUT2D eigenvalue weighted by molar-refractivity contribution is 5.82. The van der Waals surface area contributed by atoms with Crippen molar-refractivity contribution in [2.75, 3.05) is 0 Å². The molecule has 2 atom stereocenters. The maximum atomic E-state index is 12.4. The van der Waals surface area contributed by atoms with E-state index in [4.69, 9.17) is 0 Å². The van der Waals surface area contributed by atoms with E-state index in [1.807, 2.05) is 49.4 Å². The minimum absolute atomic E-state index is 0.0256. The Morgan fingerprint density at radius 1 is 1.10 bits per heavy atom. The molecule has 0 saturated heterocycles. The van der Waals surface area contributed by atoms with Gasteiger partial charge in [-0.2, -0.15) is 0 Å². The molecule has 0 spiro atoms. The van der Waals surface area contributed by atoms with Gasteiger partial charge in [-0.05, 0) is 30.0 Å². The summed E-state index contributed by atoms with van der Waals surface area (Å²) in [6.45, 7) is 2.78. The van der Waals surface area contributed by atoms with Crippen molar-refractivity contribution in [3.63, 3.8) is 0 Å². The second kappa shape index (κ2) is 6.10. The van der Waals surface area contributed by atoms with Crippen LogP contribution in [0.1, 0.15) is 29.7 Å². The first-order chi connectivity index (χ1) is 10.2. The fraction of sp³-hybridized carbons (Fsp3) is 0.278. The highest BCUT2D eigenvalue weighted by Crippen LogP contribution is 2.17. The molecule has 0 fully saturated rings. The van der Waals surface area contributed by atoms with E-state index >= 15 is 0 Å². The van der Waals surface area contributed by atoms with E-state index in [1.165, 1.54) is 11.1 Å². The first kappa shape index (κ1) is 13.8. The summed E-state index contributed by atoms with van der Waals surface area (Å²) in [5.41, 5.74) is 3.68. The maximum Gasteiger partial charge on any atom is 0.237 e. The number of carbonyl (C=O) groups is 1. The number of hydrogen-bond donors (Lipinski definition) is 2. The van der Waals surface area contributed by atoms with Crippen molar-refractivity contribution in [3.05, 3.63) is 71.3 Å². The van der Waals surface area contributed by atoms with Gasteiger partial charge in [0.05, 0.1) is 12.1 Å². The molecule has 0 saturated carbocycles. The summed E-state index contributed by atoms with van der Waals surface area (Å²) in [5, 5.41) is 6.42. The van der Waals surface area contributed by atoms with E-state index in [0.717, 1.165) is 18.5 Å². The lowest BCUT2D eigenvalue weighted by Gasteiger charge is -2.26. The van der Waals surface area contributed by atoms with E-state index in [0.29, 0.717) is 0 Å². The summed E-state index contributed by atoms with van der Waals surface area (Å²) < 4.78 is 0. The molecule has 0 aromatic heterocycles. The molecule has 3 nitrogen and oxygen atoms in total. The normalized spacial score (nSPS) is 18.6. The molecule has 3 heteroatoms. The topological polar surface area (TPSA) is 41.1 Å². The molecule has 108 valence electrons. The Kier molecular flexibility index (Phi) is 4.02. The molecular formula is C18H20N2O. The number of benzene rings is 2. The fourth-order valence-electron chi connectivity index (χ4n) is 2.78. The Bertz CT molecular complexity index is 624. The van der Waals surface area contributed by atoms with Crippen LogP contribution in [0.4, 0.5) is 0 Å². The molecular weight excluding hydrogens is 260 g/mol. The van der Waals surface area contributed by atoms with Crippen molar-refractivity contribution >= 4 is 5.91 Å². The van der Waals surface area contributed by atoms with Gasteiger partial charge in [0.2, 0.25) is 5.91 Å². The summed E-state index contributed by atoms with van der Waals surface area (Å²) in [5.74, 6) is 0.0702. The molecule has 2 aromatic rings. The SMILES string of the molecule is CC(NC(=O)C1Cc2ccccc2CN1)c1ccccc1. The van der Waals surface area contributed by atoms with Gasteiger partial charge in [-0.1, -0.05) is 54.6 Å². The van der Waals surface area contributed by atoms with Crippen LogP contribution >= 0.6 is 0 Å². The maximum absolute atomic E-state index is 12.4. The fourth-order valence-corrected chi connectivity index (χ4v) is 2.78. The van der Waals surface area contributed by atoms with Gasteiger partial charge in [0.1, 0.15) is 0 Å². The van der Waals surface area contributed by atoms with Crippen molar-refractivity contribution in [1.82, 2.24) is 10.6 Å². The predicted molar refractivity (Wildman–Crippen MR) is 83.8 cm³/mol. The van der Waals surface area contributed by atoms with Crippen LogP contribution in [0.25, 0.3) is 0 Å². The largest absolute Gasteiger partial charge is 0.348 e. The average molecular weight is 280 g/mol. The molecule has 3 rings (SSSR count). The lowest BCUT2D eigenvalue weighted by molar-refractivity contribution is -0.124. The third-order valence-corrected chi connectivity index (χ3v) is 4.06. The van der Waals surface area contributed by atoms with Gasteiger partial charge in [-0.3, -0.25) is 4.79 Å². The lowest BCUT2D eigenvalue weighted by Crippen LogP contribution is -2.48. The smallest absolute Gasteiger partial charge is 0.237 e. The Morgan fingerprint density at radius 2 is 1.76 bits per heavy atom. The number of rotatable bonds is 3. The van der Waals surface area contributed by atoms with Gasteiger partial charge >= 0.3 is 0 Å². The third kappa shape index (κ3) is 3.14. The molecule has 2 aromatic carbocycles. The van der Waals surface area contributed by atoms with Crippen molar-refractivity contribution in [3.8, 4) is 0 Å². The van der Waals surface area contributed by atoms with Gasteiger partial charge in [0.25, 0.3) is 0 Å². The molecule has 1 aliphatic rings.